The van der Waals surface area contributed by atoms with E-state index in [1.165, 1.54) is 7.11 Å². The van der Waals surface area contributed by atoms with Crippen molar-refractivity contribution >= 4 is 11.8 Å². The third-order valence-corrected chi connectivity index (χ3v) is 2.90. The number of rotatable bonds is 5. The van der Waals surface area contributed by atoms with Gasteiger partial charge in [0.25, 0.3) is 0 Å². The van der Waals surface area contributed by atoms with Crippen LogP contribution in [0.5, 0.6) is 0 Å². The molecule has 118 valence electrons. The molecule has 6 heteroatoms. The van der Waals surface area contributed by atoms with Crippen molar-refractivity contribution < 1.29 is 14.3 Å². The minimum atomic E-state index is -0.470. The lowest BCUT2D eigenvalue weighted by atomic mass is 10.1. The lowest BCUT2D eigenvalue weighted by Gasteiger charge is -2.09. The van der Waals surface area contributed by atoms with Crippen LogP contribution in [0.3, 0.4) is 0 Å². The van der Waals surface area contributed by atoms with Crippen molar-refractivity contribution in [2.45, 2.75) is 0 Å². The van der Waals surface area contributed by atoms with Crippen LogP contribution in [-0.4, -0.2) is 43.3 Å². The number of pyridine rings is 2. The van der Waals surface area contributed by atoms with Crippen LogP contribution in [-0.2, 0) is 9.47 Å². The van der Waals surface area contributed by atoms with Crippen LogP contribution in [0, 0.1) is 11.8 Å². The molecule has 2 aromatic rings. The van der Waals surface area contributed by atoms with E-state index in [2.05, 4.69) is 27.1 Å². The van der Waals surface area contributed by atoms with Crippen molar-refractivity contribution in [3.8, 4) is 11.8 Å². The largest absolute Gasteiger partial charge is 0.465 e. The highest BCUT2D eigenvalue weighted by Gasteiger charge is 2.13. The molecule has 1 N–H and O–H groups in total. The van der Waals surface area contributed by atoms with Gasteiger partial charge in [-0.25, -0.2) is 9.78 Å². The smallest absolute Gasteiger partial charge is 0.341 e. The monoisotopic (exact) mass is 311 g/mol. The number of methoxy groups -OCH3 is 2. The Kier molecular flexibility index (Phi) is 6.09. The average Bonchev–Trinajstić information content (AvgIpc) is 2.61. The summed E-state index contributed by atoms with van der Waals surface area (Å²) in [4.78, 5) is 20.1. The van der Waals surface area contributed by atoms with Crippen LogP contribution in [0.15, 0.2) is 36.8 Å². The van der Waals surface area contributed by atoms with E-state index in [-0.39, 0.29) is 0 Å². The van der Waals surface area contributed by atoms with E-state index < -0.39 is 5.97 Å². The first kappa shape index (κ1) is 16.5. The van der Waals surface area contributed by atoms with Gasteiger partial charge in [-0.05, 0) is 18.2 Å². The van der Waals surface area contributed by atoms with Crippen LogP contribution < -0.4 is 5.32 Å². The number of esters is 1. The second-order valence-electron chi connectivity index (χ2n) is 4.52. The number of aromatic nitrogens is 2. The normalized spacial score (nSPS) is 9.65. The van der Waals surface area contributed by atoms with Crippen molar-refractivity contribution in [3.05, 3.63) is 53.5 Å². The fourth-order valence-corrected chi connectivity index (χ4v) is 1.79. The second kappa shape index (κ2) is 8.51. The van der Waals surface area contributed by atoms with E-state index in [0.29, 0.717) is 30.1 Å². The van der Waals surface area contributed by atoms with Gasteiger partial charge in [0, 0.05) is 43.4 Å². The number of carbonyl (C=O) groups excluding carboxylic acids is 1. The molecule has 6 nitrogen and oxygen atoms in total. The van der Waals surface area contributed by atoms with Crippen molar-refractivity contribution in [2.24, 2.45) is 0 Å². The number of nitrogens with zero attached hydrogens (tertiary/aromatic N) is 2. The molecule has 0 saturated carbocycles. The summed E-state index contributed by atoms with van der Waals surface area (Å²) in [7, 11) is 2.93. The van der Waals surface area contributed by atoms with E-state index in [1.54, 1.807) is 31.8 Å². The van der Waals surface area contributed by atoms with Crippen molar-refractivity contribution in [2.75, 3.05) is 32.7 Å². The maximum absolute atomic E-state index is 11.9. The molecule has 2 heterocycles. The van der Waals surface area contributed by atoms with Gasteiger partial charge in [0.05, 0.1) is 13.7 Å². The van der Waals surface area contributed by atoms with Gasteiger partial charge in [0.15, 0.2) is 0 Å². The Morgan fingerprint density at radius 1 is 1.26 bits per heavy atom. The number of carbonyl (C=O) groups is 1. The predicted molar refractivity (Wildman–Crippen MR) is 86.2 cm³/mol. The average molecular weight is 311 g/mol. The van der Waals surface area contributed by atoms with Gasteiger partial charge in [-0.3, -0.25) is 4.98 Å². The topological polar surface area (TPSA) is 73.3 Å². The molecule has 0 bridgehead atoms. The molecular formula is C17H17N3O3. The van der Waals surface area contributed by atoms with Gasteiger partial charge in [-0.2, -0.15) is 0 Å². The van der Waals surface area contributed by atoms with E-state index >= 15 is 0 Å². The summed E-state index contributed by atoms with van der Waals surface area (Å²) in [6.45, 7) is 1.04. The Balaban J connectivity index is 2.25. The van der Waals surface area contributed by atoms with Gasteiger partial charge in [-0.15, -0.1) is 0 Å². The number of hydrogen-bond donors (Lipinski definition) is 1. The Hall–Kier alpha value is -2.91. The number of ether oxygens (including phenoxy) is 2. The number of anilines is 1. The van der Waals surface area contributed by atoms with E-state index in [0.717, 1.165) is 5.56 Å². The fourth-order valence-electron chi connectivity index (χ4n) is 1.79. The lowest BCUT2D eigenvalue weighted by molar-refractivity contribution is 0.0601. The number of nitrogens with one attached hydrogen (secondary N) is 1. The Morgan fingerprint density at radius 3 is 2.78 bits per heavy atom. The molecule has 23 heavy (non-hydrogen) atoms. The van der Waals surface area contributed by atoms with Gasteiger partial charge >= 0.3 is 5.97 Å². The molecule has 0 saturated heterocycles. The molecule has 0 spiro atoms. The molecule has 0 aliphatic carbocycles. The molecule has 0 atom stereocenters. The minimum absolute atomic E-state index is 0.335. The predicted octanol–water partition coefficient (Wildman–Crippen LogP) is 1.72. The Labute approximate surface area is 134 Å². The summed E-state index contributed by atoms with van der Waals surface area (Å²) in [5, 5.41) is 3.04. The standard InChI is InChI=1S/C17H17N3O3/c1-22-9-8-19-16-15(17(21)23-2)10-14(12-20-16)6-5-13-4-3-7-18-11-13/h3-4,7,10-12H,8-9H2,1-2H3,(H,19,20). The van der Waals surface area contributed by atoms with Crippen LogP contribution in [0.2, 0.25) is 0 Å². The van der Waals surface area contributed by atoms with Crippen molar-refractivity contribution in [1.29, 1.82) is 0 Å². The Morgan fingerprint density at radius 2 is 2.09 bits per heavy atom. The summed E-state index contributed by atoms with van der Waals surface area (Å²) in [6, 6.07) is 5.32. The van der Waals surface area contributed by atoms with E-state index in [9.17, 15) is 4.79 Å². The quantitative estimate of drug-likeness (QED) is 0.515. The first-order valence-electron chi connectivity index (χ1n) is 6.98. The third-order valence-electron chi connectivity index (χ3n) is 2.90. The molecular weight excluding hydrogens is 294 g/mol. The van der Waals surface area contributed by atoms with Gasteiger partial charge in [0.1, 0.15) is 11.4 Å². The lowest BCUT2D eigenvalue weighted by Crippen LogP contribution is -2.14. The van der Waals surface area contributed by atoms with Crippen molar-refractivity contribution in [1.82, 2.24) is 9.97 Å². The molecule has 0 fully saturated rings. The highest BCUT2D eigenvalue weighted by atomic mass is 16.5. The van der Waals surface area contributed by atoms with Gasteiger partial charge < -0.3 is 14.8 Å². The molecule has 2 aromatic heterocycles. The second-order valence-corrected chi connectivity index (χ2v) is 4.52. The molecule has 0 unspecified atom stereocenters. The van der Waals surface area contributed by atoms with Crippen LogP contribution >= 0.6 is 0 Å². The summed E-state index contributed by atoms with van der Waals surface area (Å²) in [5.74, 6) is 5.91. The fraction of sp³-hybridized carbons (Fsp3) is 0.235. The maximum atomic E-state index is 11.9. The van der Waals surface area contributed by atoms with Crippen molar-refractivity contribution in [3.63, 3.8) is 0 Å². The van der Waals surface area contributed by atoms with E-state index in [1.807, 2.05) is 12.1 Å². The zero-order valence-electron chi connectivity index (χ0n) is 13.0. The summed E-state index contributed by atoms with van der Waals surface area (Å²) >= 11 is 0. The molecule has 0 radical (unpaired) electrons. The summed E-state index contributed by atoms with van der Waals surface area (Å²) < 4.78 is 9.76. The highest BCUT2D eigenvalue weighted by molar-refractivity contribution is 5.94. The SMILES string of the molecule is COCCNc1ncc(C#Cc2cccnc2)cc1C(=O)OC. The van der Waals surface area contributed by atoms with Gasteiger partial charge in [0.2, 0.25) is 0 Å². The first-order chi connectivity index (χ1) is 11.2. The minimum Gasteiger partial charge on any atom is -0.465 e. The third kappa shape index (κ3) is 4.80. The molecule has 0 amide bonds. The van der Waals surface area contributed by atoms with Gasteiger partial charge in [-0.1, -0.05) is 11.8 Å². The molecule has 0 aliphatic rings. The van der Waals surface area contributed by atoms with Crippen LogP contribution in [0.1, 0.15) is 21.5 Å². The van der Waals surface area contributed by atoms with E-state index in [4.69, 9.17) is 9.47 Å². The number of hydrogen-bond acceptors (Lipinski definition) is 6. The summed E-state index contributed by atoms with van der Waals surface area (Å²) in [5.41, 5.74) is 1.74. The van der Waals surface area contributed by atoms with Crippen LogP contribution in [0.4, 0.5) is 5.82 Å². The zero-order valence-corrected chi connectivity index (χ0v) is 13.0. The zero-order chi connectivity index (χ0) is 16.5. The highest BCUT2D eigenvalue weighted by Crippen LogP contribution is 2.15. The summed E-state index contributed by atoms with van der Waals surface area (Å²) in [6.07, 6.45) is 4.95. The molecule has 0 aromatic carbocycles. The maximum Gasteiger partial charge on any atom is 0.341 e. The first-order valence-corrected chi connectivity index (χ1v) is 6.98. The molecule has 0 aliphatic heterocycles. The molecule has 2 rings (SSSR count). The Bertz CT molecular complexity index is 721. The van der Waals surface area contributed by atoms with Crippen LogP contribution in [0.25, 0.3) is 0 Å².